The molecular formula is C12H13N5S. The Labute approximate surface area is 111 Å². The van der Waals surface area contributed by atoms with E-state index in [2.05, 4.69) is 15.0 Å². The lowest BCUT2D eigenvalue weighted by molar-refractivity contribution is 0.858. The first-order valence-corrected chi connectivity index (χ1v) is 5.81. The number of nitrogens with zero attached hydrogens (tertiary/aromatic N) is 4. The molecule has 0 spiro atoms. The van der Waals surface area contributed by atoms with Crippen LogP contribution in [-0.2, 0) is 6.54 Å². The van der Waals surface area contributed by atoms with Crippen LogP contribution in [0.25, 0.3) is 0 Å². The van der Waals surface area contributed by atoms with E-state index in [9.17, 15) is 0 Å². The SMILES string of the molecule is CN(Cc1ccccn1)c1nccnc1C(N)=S. The molecule has 92 valence electrons. The highest BCUT2D eigenvalue weighted by Crippen LogP contribution is 2.15. The van der Waals surface area contributed by atoms with Crippen LogP contribution in [-0.4, -0.2) is 27.0 Å². The molecule has 0 fully saturated rings. The molecule has 6 heteroatoms. The number of pyridine rings is 1. The van der Waals surface area contributed by atoms with E-state index in [1.807, 2.05) is 30.1 Å². The molecule has 18 heavy (non-hydrogen) atoms. The fourth-order valence-corrected chi connectivity index (χ4v) is 1.74. The van der Waals surface area contributed by atoms with Crippen LogP contribution >= 0.6 is 12.2 Å². The van der Waals surface area contributed by atoms with Crippen LogP contribution in [0.15, 0.2) is 36.8 Å². The van der Waals surface area contributed by atoms with Crippen molar-refractivity contribution in [2.45, 2.75) is 6.54 Å². The van der Waals surface area contributed by atoms with Gasteiger partial charge in [-0.3, -0.25) is 4.98 Å². The van der Waals surface area contributed by atoms with E-state index < -0.39 is 0 Å². The Balaban J connectivity index is 2.24. The van der Waals surface area contributed by atoms with Crippen LogP contribution in [0.3, 0.4) is 0 Å². The number of hydrogen-bond donors (Lipinski definition) is 1. The molecule has 0 saturated carbocycles. The first-order chi connectivity index (χ1) is 8.68. The van der Waals surface area contributed by atoms with E-state index in [1.165, 1.54) is 0 Å². The average Bonchev–Trinajstić information content (AvgIpc) is 2.40. The maximum atomic E-state index is 5.63. The monoisotopic (exact) mass is 259 g/mol. The van der Waals surface area contributed by atoms with Gasteiger partial charge in [0, 0.05) is 25.6 Å². The number of hydrogen-bond acceptors (Lipinski definition) is 5. The number of thiocarbonyl (C=S) groups is 1. The topological polar surface area (TPSA) is 67.9 Å². The lowest BCUT2D eigenvalue weighted by Crippen LogP contribution is -2.24. The lowest BCUT2D eigenvalue weighted by Gasteiger charge is -2.19. The molecule has 0 saturated heterocycles. The zero-order valence-electron chi connectivity index (χ0n) is 9.95. The van der Waals surface area contributed by atoms with E-state index in [0.29, 0.717) is 18.1 Å². The molecule has 2 heterocycles. The third-order valence-corrected chi connectivity index (χ3v) is 2.59. The molecule has 2 aromatic heterocycles. The van der Waals surface area contributed by atoms with Gasteiger partial charge >= 0.3 is 0 Å². The summed E-state index contributed by atoms with van der Waals surface area (Å²) in [6, 6.07) is 5.78. The molecular weight excluding hydrogens is 246 g/mol. The Morgan fingerprint density at radius 1 is 1.22 bits per heavy atom. The fourth-order valence-electron chi connectivity index (χ4n) is 1.59. The van der Waals surface area contributed by atoms with Gasteiger partial charge in [-0.25, -0.2) is 9.97 Å². The minimum atomic E-state index is 0.242. The molecule has 2 N–H and O–H groups in total. The van der Waals surface area contributed by atoms with Crippen molar-refractivity contribution in [2.75, 3.05) is 11.9 Å². The summed E-state index contributed by atoms with van der Waals surface area (Å²) in [5, 5.41) is 0. The maximum absolute atomic E-state index is 5.63. The lowest BCUT2D eigenvalue weighted by atomic mass is 10.3. The Kier molecular flexibility index (Phi) is 3.78. The van der Waals surface area contributed by atoms with Gasteiger partial charge in [0.2, 0.25) is 0 Å². The third-order valence-electron chi connectivity index (χ3n) is 2.40. The van der Waals surface area contributed by atoms with Crippen LogP contribution in [0.1, 0.15) is 11.4 Å². The molecule has 2 aromatic rings. The summed E-state index contributed by atoms with van der Waals surface area (Å²) in [4.78, 5) is 14.8. The third kappa shape index (κ3) is 2.78. The van der Waals surface area contributed by atoms with Crippen LogP contribution in [0.2, 0.25) is 0 Å². The Bertz CT molecular complexity index is 543. The highest BCUT2D eigenvalue weighted by atomic mass is 32.1. The highest BCUT2D eigenvalue weighted by molar-refractivity contribution is 7.80. The van der Waals surface area contributed by atoms with E-state index in [0.717, 1.165) is 5.69 Å². The summed E-state index contributed by atoms with van der Waals surface area (Å²) in [6.07, 6.45) is 4.95. The van der Waals surface area contributed by atoms with Crippen molar-refractivity contribution in [3.63, 3.8) is 0 Å². The largest absolute Gasteiger partial charge is 0.388 e. The van der Waals surface area contributed by atoms with Crippen molar-refractivity contribution in [3.05, 3.63) is 48.2 Å². The second-order valence-electron chi connectivity index (χ2n) is 3.77. The predicted molar refractivity (Wildman–Crippen MR) is 74.3 cm³/mol. The molecule has 0 unspecified atom stereocenters. The van der Waals surface area contributed by atoms with Gasteiger partial charge in [0.1, 0.15) is 10.7 Å². The second kappa shape index (κ2) is 5.50. The number of nitrogens with two attached hydrogens (primary N) is 1. The normalized spacial score (nSPS) is 10.1. The van der Waals surface area contributed by atoms with Crippen LogP contribution in [0.5, 0.6) is 0 Å². The maximum Gasteiger partial charge on any atom is 0.157 e. The van der Waals surface area contributed by atoms with Gasteiger partial charge in [-0.2, -0.15) is 0 Å². The second-order valence-corrected chi connectivity index (χ2v) is 4.21. The number of aromatic nitrogens is 3. The molecule has 0 aliphatic carbocycles. The van der Waals surface area contributed by atoms with Crippen molar-refractivity contribution in [1.82, 2.24) is 15.0 Å². The van der Waals surface area contributed by atoms with Crippen LogP contribution in [0, 0.1) is 0 Å². The first-order valence-electron chi connectivity index (χ1n) is 5.40. The minimum Gasteiger partial charge on any atom is -0.388 e. The molecule has 0 atom stereocenters. The fraction of sp³-hybridized carbons (Fsp3) is 0.167. The van der Waals surface area contributed by atoms with Crippen molar-refractivity contribution >= 4 is 23.0 Å². The average molecular weight is 259 g/mol. The van der Waals surface area contributed by atoms with Gasteiger partial charge in [0.15, 0.2) is 5.82 Å². The summed E-state index contributed by atoms with van der Waals surface area (Å²) in [5.41, 5.74) is 7.11. The Hall–Kier alpha value is -2.08. The van der Waals surface area contributed by atoms with Crippen molar-refractivity contribution in [1.29, 1.82) is 0 Å². The van der Waals surface area contributed by atoms with Crippen molar-refractivity contribution < 1.29 is 0 Å². The zero-order valence-corrected chi connectivity index (χ0v) is 10.8. The van der Waals surface area contributed by atoms with Crippen LogP contribution < -0.4 is 10.6 Å². The smallest absolute Gasteiger partial charge is 0.157 e. The number of rotatable bonds is 4. The minimum absolute atomic E-state index is 0.242. The van der Waals surface area contributed by atoms with E-state index >= 15 is 0 Å². The standard InChI is InChI=1S/C12H13N5S/c1-17(8-9-4-2-3-5-14-9)12-10(11(13)18)15-6-7-16-12/h2-7H,8H2,1H3,(H2,13,18). The zero-order chi connectivity index (χ0) is 13.0. The highest BCUT2D eigenvalue weighted by Gasteiger charge is 2.12. The molecule has 0 amide bonds. The van der Waals surface area contributed by atoms with Gasteiger partial charge in [-0.1, -0.05) is 18.3 Å². The summed E-state index contributed by atoms with van der Waals surface area (Å²) in [7, 11) is 1.90. The Morgan fingerprint density at radius 2 is 2.00 bits per heavy atom. The van der Waals surface area contributed by atoms with Crippen LogP contribution in [0.4, 0.5) is 5.82 Å². The summed E-state index contributed by atoms with van der Waals surface area (Å²) in [6.45, 7) is 0.620. The van der Waals surface area contributed by atoms with E-state index in [1.54, 1.807) is 18.6 Å². The molecule has 5 nitrogen and oxygen atoms in total. The summed E-state index contributed by atoms with van der Waals surface area (Å²) in [5.74, 6) is 0.663. The molecule has 0 radical (unpaired) electrons. The van der Waals surface area contributed by atoms with Crippen molar-refractivity contribution in [2.24, 2.45) is 5.73 Å². The molecule has 2 rings (SSSR count). The molecule has 0 aliphatic rings. The molecule has 0 aliphatic heterocycles. The summed E-state index contributed by atoms with van der Waals surface area (Å²) >= 11 is 4.97. The van der Waals surface area contributed by atoms with Gasteiger partial charge in [-0.05, 0) is 12.1 Å². The number of anilines is 1. The van der Waals surface area contributed by atoms with Gasteiger partial charge in [0.05, 0.1) is 12.2 Å². The van der Waals surface area contributed by atoms with Gasteiger partial charge < -0.3 is 10.6 Å². The summed E-state index contributed by atoms with van der Waals surface area (Å²) < 4.78 is 0. The van der Waals surface area contributed by atoms with Gasteiger partial charge in [-0.15, -0.1) is 0 Å². The van der Waals surface area contributed by atoms with Gasteiger partial charge in [0.25, 0.3) is 0 Å². The predicted octanol–water partition coefficient (Wildman–Crippen LogP) is 1.14. The van der Waals surface area contributed by atoms with Crippen molar-refractivity contribution in [3.8, 4) is 0 Å². The molecule has 0 aromatic carbocycles. The van der Waals surface area contributed by atoms with E-state index in [-0.39, 0.29) is 4.99 Å². The Morgan fingerprint density at radius 3 is 2.67 bits per heavy atom. The first kappa shape index (κ1) is 12.4. The quantitative estimate of drug-likeness (QED) is 0.831. The molecule has 0 bridgehead atoms. The van der Waals surface area contributed by atoms with E-state index in [4.69, 9.17) is 18.0 Å².